The van der Waals surface area contributed by atoms with E-state index in [4.69, 9.17) is 9.84 Å². The number of carboxylic acids is 1. The number of ether oxygens (including phenoxy) is 1. The highest BCUT2D eigenvalue weighted by Gasteiger charge is 2.38. The van der Waals surface area contributed by atoms with Crippen LogP contribution < -0.4 is 0 Å². The molecule has 96 valence electrons. The van der Waals surface area contributed by atoms with Crippen LogP contribution in [0.15, 0.2) is 0 Å². The normalized spacial score (nSPS) is 20.5. The number of likely N-dealkylation sites (tertiary alicyclic amines) is 1. The highest BCUT2D eigenvalue weighted by atomic mass is 16.6. The Hall–Kier alpha value is -1.59. The molecule has 0 aliphatic carbocycles. The third-order valence-corrected chi connectivity index (χ3v) is 2.35. The van der Waals surface area contributed by atoms with Gasteiger partial charge in [-0.1, -0.05) is 0 Å². The third kappa shape index (κ3) is 3.72. The van der Waals surface area contributed by atoms with E-state index < -0.39 is 29.5 Å². The number of carbonyl (C=O) groups is 3. The van der Waals surface area contributed by atoms with Crippen molar-refractivity contribution in [3.8, 4) is 0 Å². The van der Waals surface area contributed by atoms with Crippen molar-refractivity contribution in [2.24, 2.45) is 5.92 Å². The average Bonchev–Trinajstić information content (AvgIpc) is 2.44. The van der Waals surface area contributed by atoms with Crippen molar-refractivity contribution in [1.29, 1.82) is 0 Å². The molecule has 1 rings (SSSR count). The summed E-state index contributed by atoms with van der Waals surface area (Å²) in [5.41, 5.74) is -0.664. The minimum atomic E-state index is -1.03. The summed E-state index contributed by atoms with van der Waals surface area (Å²) in [4.78, 5) is 34.9. The lowest BCUT2D eigenvalue weighted by molar-refractivity contribution is -0.141. The van der Waals surface area contributed by atoms with Crippen LogP contribution in [0.4, 0.5) is 4.79 Å². The number of nitrogens with zero attached hydrogens (tertiary/aromatic N) is 1. The Labute approximate surface area is 99.5 Å². The molecule has 1 fully saturated rings. The number of imide groups is 1. The van der Waals surface area contributed by atoms with Gasteiger partial charge in [0.1, 0.15) is 5.60 Å². The Morgan fingerprint density at radius 2 is 2.06 bits per heavy atom. The van der Waals surface area contributed by atoms with E-state index in [0.717, 1.165) is 4.90 Å². The van der Waals surface area contributed by atoms with Gasteiger partial charge in [0.15, 0.2) is 0 Å². The number of carboxylic acid groups (broad SMARTS) is 1. The minimum Gasteiger partial charge on any atom is -0.481 e. The zero-order valence-corrected chi connectivity index (χ0v) is 10.2. The number of aliphatic carboxylic acids is 1. The predicted octanol–water partition coefficient (Wildman–Crippen LogP) is 1.24. The molecular formula is C11H17NO5. The molecule has 1 saturated heterocycles. The second kappa shape index (κ2) is 4.73. The van der Waals surface area contributed by atoms with Crippen molar-refractivity contribution in [2.45, 2.75) is 39.2 Å². The van der Waals surface area contributed by atoms with E-state index in [1.54, 1.807) is 20.8 Å². The average molecular weight is 243 g/mol. The Bertz CT molecular complexity index is 344. The summed E-state index contributed by atoms with van der Waals surface area (Å²) in [5.74, 6) is -2.10. The molecule has 6 nitrogen and oxygen atoms in total. The number of rotatable bonds is 2. The summed E-state index contributed by atoms with van der Waals surface area (Å²) in [6, 6.07) is 0. The topological polar surface area (TPSA) is 83.9 Å². The zero-order chi connectivity index (χ0) is 13.2. The number of amides is 2. The Morgan fingerprint density at radius 3 is 2.53 bits per heavy atom. The maximum absolute atomic E-state index is 11.7. The smallest absolute Gasteiger partial charge is 0.417 e. The van der Waals surface area contributed by atoms with Crippen LogP contribution in [0.1, 0.15) is 33.6 Å². The summed E-state index contributed by atoms with van der Waals surface area (Å²) in [5, 5.41) is 8.62. The molecule has 0 spiro atoms. The highest BCUT2D eigenvalue weighted by molar-refractivity contribution is 5.96. The molecule has 0 aromatic carbocycles. The van der Waals surface area contributed by atoms with Crippen LogP contribution in [0.3, 0.4) is 0 Å². The molecule has 0 aromatic heterocycles. The molecular weight excluding hydrogens is 226 g/mol. The van der Waals surface area contributed by atoms with Crippen molar-refractivity contribution in [2.75, 3.05) is 6.54 Å². The number of hydrogen-bond acceptors (Lipinski definition) is 4. The fourth-order valence-corrected chi connectivity index (χ4v) is 1.64. The third-order valence-electron chi connectivity index (χ3n) is 2.35. The maximum Gasteiger partial charge on any atom is 0.417 e. The molecule has 1 aliphatic rings. The van der Waals surface area contributed by atoms with Gasteiger partial charge in [-0.25, -0.2) is 9.69 Å². The summed E-state index contributed by atoms with van der Waals surface area (Å²) < 4.78 is 5.06. The van der Waals surface area contributed by atoms with Gasteiger partial charge in [0.05, 0.1) is 12.3 Å². The first-order valence-corrected chi connectivity index (χ1v) is 5.47. The first-order valence-electron chi connectivity index (χ1n) is 5.47. The van der Waals surface area contributed by atoms with Gasteiger partial charge in [-0.2, -0.15) is 0 Å². The molecule has 0 bridgehead atoms. The molecule has 1 atom stereocenters. The van der Waals surface area contributed by atoms with Gasteiger partial charge in [0.25, 0.3) is 0 Å². The summed E-state index contributed by atoms with van der Waals surface area (Å²) in [6.45, 7) is 5.35. The van der Waals surface area contributed by atoms with Crippen molar-refractivity contribution in [3.05, 3.63) is 0 Å². The van der Waals surface area contributed by atoms with Crippen LogP contribution in [-0.2, 0) is 14.3 Å². The lowest BCUT2D eigenvalue weighted by Crippen LogP contribution is -2.38. The molecule has 2 amide bonds. The highest BCUT2D eigenvalue weighted by Crippen LogP contribution is 2.23. The van der Waals surface area contributed by atoms with Crippen LogP contribution in [0.25, 0.3) is 0 Å². The van der Waals surface area contributed by atoms with Crippen molar-refractivity contribution in [1.82, 2.24) is 4.90 Å². The zero-order valence-electron chi connectivity index (χ0n) is 10.2. The SMILES string of the molecule is CC(C)(C)OC(=O)N1CCC(CC(=O)O)C1=O. The fourth-order valence-electron chi connectivity index (χ4n) is 1.64. The van der Waals surface area contributed by atoms with E-state index in [-0.39, 0.29) is 13.0 Å². The summed E-state index contributed by atoms with van der Waals surface area (Å²) >= 11 is 0. The van der Waals surface area contributed by atoms with Crippen molar-refractivity contribution < 1.29 is 24.2 Å². The molecule has 6 heteroatoms. The van der Waals surface area contributed by atoms with E-state index in [2.05, 4.69) is 0 Å². The fraction of sp³-hybridized carbons (Fsp3) is 0.727. The maximum atomic E-state index is 11.7. The Kier molecular flexibility index (Phi) is 3.75. The van der Waals surface area contributed by atoms with Gasteiger partial charge >= 0.3 is 12.1 Å². The van der Waals surface area contributed by atoms with Crippen molar-refractivity contribution >= 4 is 18.0 Å². The van der Waals surface area contributed by atoms with E-state index in [0.29, 0.717) is 6.42 Å². The molecule has 1 N–H and O–H groups in total. The summed E-state index contributed by atoms with van der Waals surface area (Å²) in [6.07, 6.45) is -0.557. The molecule has 0 aromatic rings. The number of carbonyl (C=O) groups excluding carboxylic acids is 2. The van der Waals surface area contributed by atoms with Gasteiger partial charge in [-0.05, 0) is 27.2 Å². The Morgan fingerprint density at radius 1 is 1.47 bits per heavy atom. The standard InChI is InChI=1S/C11H17NO5/c1-11(2,3)17-10(16)12-5-4-7(9(12)15)6-8(13)14/h7H,4-6H2,1-3H3,(H,13,14). The second-order valence-corrected chi connectivity index (χ2v) is 5.05. The molecule has 1 aliphatic heterocycles. The predicted molar refractivity (Wildman–Crippen MR) is 58.3 cm³/mol. The summed E-state index contributed by atoms with van der Waals surface area (Å²) in [7, 11) is 0. The first-order chi connectivity index (χ1) is 7.70. The van der Waals surface area contributed by atoms with Gasteiger partial charge in [0, 0.05) is 6.54 Å². The van der Waals surface area contributed by atoms with E-state index in [1.807, 2.05) is 0 Å². The number of hydrogen-bond donors (Lipinski definition) is 1. The van der Waals surface area contributed by atoms with E-state index in [9.17, 15) is 14.4 Å². The molecule has 0 saturated carbocycles. The second-order valence-electron chi connectivity index (χ2n) is 5.05. The lowest BCUT2D eigenvalue weighted by atomic mass is 10.0. The minimum absolute atomic E-state index is 0.228. The van der Waals surface area contributed by atoms with E-state index in [1.165, 1.54) is 0 Å². The quantitative estimate of drug-likeness (QED) is 0.788. The molecule has 1 unspecified atom stereocenters. The van der Waals surface area contributed by atoms with E-state index >= 15 is 0 Å². The molecule has 17 heavy (non-hydrogen) atoms. The van der Waals surface area contributed by atoms with Gasteiger partial charge in [-0.15, -0.1) is 0 Å². The van der Waals surface area contributed by atoms with Crippen LogP contribution in [-0.4, -0.2) is 40.1 Å². The largest absolute Gasteiger partial charge is 0.481 e. The van der Waals surface area contributed by atoms with Crippen LogP contribution in [0, 0.1) is 5.92 Å². The lowest BCUT2D eigenvalue weighted by Gasteiger charge is -2.23. The molecule has 1 heterocycles. The van der Waals surface area contributed by atoms with Gasteiger partial charge < -0.3 is 9.84 Å². The van der Waals surface area contributed by atoms with Crippen LogP contribution >= 0.6 is 0 Å². The van der Waals surface area contributed by atoms with Crippen LogP contribution in [0.2, 0.25) is 0 Å². The molecule has 0 radical (unpaired) electrons. The Balaban J connectivity index is 2.61. The monoisotopic (exact) mass is 243 g/mol. The van der Waals surface area contributed by atoms with Gasteiger partial charge in [-0.3, -0.25) is 9.59 Å². The first kappa shape index (κ1) is 13.5. The van der Waals surface area contributed by atoms with Gasteiger partial charge in [0.2, 0.25) is 5.91 Å². The van der Waals surface area contributed by atoms with Crippen LogP contribution in [0.5, 0.6) is 0 Å². The van der Waals surface area contributed by atoms with Crippen molar-refractivity contribution in [3.63, 3.8) is 0 Å².